The quantitative estimate of drug-likeness (QED) is 0.908. The second kappa shape index (κ2) is 4.97. The Kier molecular flexibility index (Phi) is 3.39. The van der Waals surface area contributed by atoms with Gasteiger partial charge in [-0.2, -0.15) is 0 Å². The van der Waals surface area contributed by atoms with Gasteiger partial charge in [0.1, 0.15) is 5.75 Å². The van der Waals surface area contributed by atoms with E-state index in [4.69, 9.17) is 4.74 Å². The number of rotatable bonds is 3. The van der Waals surface area contributed by atoms with Gasteiger partial charge in [-0.1, -0.05) is 0 Å². The van der Waals surface area contributed by atoms with E-state index in [9.17, 15) is 4.79 Å². The van der Waals surface area contributed by atoms with Crippen LogP contribution in [0.25, 0.3) is 0 Å². The van der Waals surface area contributed by atoms with Gasteiger partial charge >= 0.3 is 0 Å². The molecule has 0 radical (unpaired) electrons. The van der Waals surface area contributed by atoms with Crippen molar-refractivity contribution in [1.29, 1.82) is 0 Å². The molecule has 4 nitrogen and oxygen atoms in total. The van der Waals surface area contributed by atoms with Gasteiger partial charge in [0.15, 0.2) is 5.01 Å². The van der Waals surface area contributed by atoms with Crippen LogP contribution in [0.1, 0.15) is 15.5 Å². The summed E-state index contributed by atoms with van der Waals surface area (Å²) in [6, 6.07) is 7.17. The highest BCUT2D eigenvalue weighted by atomic mass is 32.1. The number of carbonyl (C=O) groups is 1. The number of hydrogen-bond donors (Lipinski definition) is 1. The average molecular weight is 248 g/mol. The summed E-state index contributed by atoms with van der Waals surface area (Å²) in [5.74, 6) is 0.571. The number of amides is 1. The molecule has 0 unspecified atom stereocenters. The lowest BCUT2D eigenvalue weighted by Gasteiger charge is -2.04. The average Bonchev–Trinajstić information content (AvgIpc) is 2.77. The summed E-state index contributed by atoms with van der Waals surface area (Å²) in [7, 11) is 1.60. The molecule has 1 aromatic carbocycles. The zero-order valence-corrected chi connectivity index (χ0v) is 10.4. The molecule has 1 heterocycles. The van der Waals surface area contributed by atoms with Crippen LogP contribution in [0, 0.1) is 6.92 Å². The molecule has 2 rings (SSSR count). The fourth-order valence-electron chi connectivity index (χ4n) is 1.32. The third-order valence-electron chi connectivity index (χ3n) is 2.16. The first-order chi connectivity index (χ1) is 8.19. The highest BCUT2D eigenvalue weighted by molar-refractivity contribution is 7.11. The standard InChI is InChI=1S/C12H12N2O2S/c1-8-7-17-12(13-8)11(15)14-9-3-5-10(16-2)6-4-9/h3-7H,1-2H3,(H,14,15). The SMILES string of the molecule is COc1ccc(NC(=O)c2nc(C)cs2)cc1. The number of methoxy groups -OCH3 is 1. The van der Waals surface area contributed by atoms with E-state index in [0.29, 0.717) is 5.01 Å². The number of hydrogen-bond acceptors (Lipinski definition) is 4. The van der Waals surface area contributed by atoms with Crippen molar-refractivity contribution in [2.45, 2.75) is 6.92 Å². The maximum absolute atomic E-state index is 11.8. The summed E-state index contributed by atoms with van der Waals surface area (Å²) >= 11 is 1.34. The molecular formula is C12H12N2O2S. The second-order valence-corrected chi connectivity index (χ2v) is 4.33. The van der Waals surface area contributed by atoms with Crippen LogP contribution >= 0.6 is 11.3 Å². The Morgan fingerprint density at radius 3 is 2.59 bits per heavy atom. The highest BCUT2D eigenvalue weighted by Crippen LogP contribution is 2.16. The Balaban J connectivity index is 2.07. The number of aromatic nitrogens is 1. The van der Waals surface area contributed by atoms with Gasteiger partial charge in [-0.05, 0) is 31.2 Å². The van der Waals surface area contributed by atoms with Crippen LogP contribution in [0.2, 0.25) is 0 Å². The summed E-state index contributed by atoms with van der Waals surface area (Å²) < 4.78 is 5.04. The number of thiazole rings is 1. The molecule has 0 aliphatic heterocycles. The lowest BCUT2D eigenvalue weighted by molar-refractivity contribution is 0.102. The monoisotopic (exact) mass is 248 g/mol. The van der Waals surface area contributed by atoms with E-state index in [1.54, 1.807) is 31.4 Å². The van der Waals surface area contributed by atoms with Crippen LogP contribution in [0.4, 0.5) is 5.69 Å². The van der Waals surface area contributed by atoms with Crippen molar-refractivity contribution in [3.05, 3.63) is 40.3 Å². The molecule has 0 saturated carbocycles. The Hall–Kier alpha value is -1.88. The minimum absolute atomic E-state index is 0.187. The smallest absolute Gasteiger partial charge is 0.284 e. The first-order valence-corrected chi connectivity index (χ1v) is 5.94. The van der Waals surface area contributed by atoms with Gasteiger partial charge in [-0.15, -0.1) is 11.3 Å². The molecule has 0 aliphatic carbocycles. The van der Waals surface area contributed by atoms with E-state index in [1.165, 1.54) is 11.3 Å². The van der Waals surface area contributed by atoms with Crippen molar-refractivity contribution < 1.29 is 9.53 Å². The Morgan fingerprint density at radius 2 is 2.06 bits per heavy atom. The van der Waals surface area contributed by atoms with Crippen molar-refractivity contribution in [3.63, 3.8) is 0 Å². The number of nitrogens with zero attached hydrogens (tertiary/aromatic N) is 1. The van der Waals surface area contributed by atoms with E-state index in [1.807, 2.05) is 12.3 Å². The Morgan fingerprint density at radius 1 is 1.35 bits per heavy atom. The Labute approximate surface area is 103 Å². The zero-order chi connectivity index (χ0) is 12.3. The molecule has 0 atom stereocenters. The molecule has 0 saturated heterocycles. The third-order valence-corrected chi connectivity index (χ3v) is 3.12. The molecule has 88 valence electrons. The van der Waals surface area contributed by atoms with E-state index in [-0.39, 0.29) is 5.91 Å². The van der Waals surface area contributed by atoms with Gasteiger partial charge in [-0.3, -0.25) is 4.79 Å². The van der Waals surface area contributed by atoms with Gasteiger partial charge in [0.25, 0.3) is 5.91 Å². The molecule has 2 aromatic rings. The van der Waals surface area contributed by atoms with Crippen molar-refractivity contribution in [2.75, 3.05) is 12.4 Å². The number of nitrogens with one attached hydrogen (secondary N) is 1. The van der Waals surface area contributed by atoms with Crippen LogP contribution in [0.3, 0.4) is 0 Å². The van der Waals surface area contributed by atoms with Crippen molar-refractivity contribution >= 4 is 22.9 Å². The third kappa shape index (κ3) is 2.82. The fourth-order valence-corrected chi connectivity index (χ4v) is 2.01. The molecule has 0 fully saturated rings. The van der Waals surface area contributed by atoms with Crippen LogP contribution in [0.5, 0.6) is 5.75 Å². The molecule has 0 bridgehead atoms. The zero-order valence-electron chi connectivity index (χ0n) is 9.56. The van der Waals surface area contributed by atoms with E-state index in [2.05, 4.69) is 10.3 Å². The van der Waals surface area contributed by atoms with E-state index in [0.717, 1.165) is 17.1 Å². The van der Waals surface area contributed by atoms with Crippen LogP contribution in [-0.4, -0.2) is 18.0 Å². The minimum Gasteiger partial charge on any atom is -0.497 e. The summed E-state index contributed by atoms with van der Waals surface area (Å²) in [4.78, 5) is 15.9. The van der Waals surface area contributed by atoms with Crippen LogP contribution < -0.4 is 10.1 Å². The molecule has 5 heteroatoms. The summed E-state index contributed by atoms with van der Waals surface area (Å²) in [5.41, 5.74) is 1.58. The summed E-state index contributed by atoms with van der Waals surface area (Å²) in [5, 5.41) is 5.10. The molecule has 0 aliphatic rings. The summed E-state index contributed by atoms with van der Waals surface area (Å²) in [6.45, 7) is 1.86. The highest BCUT2D eigenvalue weighted by Gasteiger charge is 2.09. The first kappa shape index (κ1) is 11.6. The number of aryl methyl sites for hydroxylation is 1. The van der Waals surface area contributed by atoms with Crippen molar-refractivity contribution in [3.8, 4) is 5.75 Å². The predicted molar refractivity (Wildman–Crippen MR) is 67.8 cm³/mol. The lowest BCUT2D eigenvalue weighted by atomic mass is 10.3. The number of benzene rings is 1. The molecule has 0 spiro atoms. The predicted octanol–water partition coefficient (Wildman–Crippen LogP) is 2.71. The van der Waals surface area contributed by atoms with E-state index < -0.39 is 0 Å². The lowest BCUT2D eigenvalue weighted by Crippen LogP contribution is -2.11. The number of carbonyl (C=O) groups excluding carboxylic acids is 1. The first-order valence-electron chi connectivity index (χ1n) is 5.06. The largest absolute Gasteiger partial charge is 0.497 e. The van der Waals surface area contributed by atoms with Gasteiger partial charge in [0.2, 0.25) is 0 Å². The van der Waals surface area contributed by atoms with Crippen LogP contribution in [-0.2, 0) is 0 Å². The fraction of sp³-hybridized carbons (Fsp3) is 0.167. The molecule has 17 heavy (non-hydrogen) atoms. The molecule has 1 aromatic heterocycles. The van der Waals surface area contributed by atoms with Crippen LogP contribution in [0.15, 0.2) is 29.6 Å². The number of ether oxygens (including phenoxy) is 1. The normalized spacial score (nSPS) is 10.0. The number of anilines is 1. The van der Waals surface area contributed by atoms with Crippen molar-refractivity contribution in [2.24, 2.45) is 0 Å². The summed E-state index contributed by atoms with van der Waals surface area (Å²) in [6.07, 6.45) is 0. The van der Waals surface area contributed by atoms with Gasteiger partial charge in [0.05, 0.1) is 7.11 Å². The Bertz CT molecular complexity index is 520. The molecule has 1 amide bonds. The van der Waals surface area contributed by atoms with E-state index >= 15 is 0 Å². The van der Waals surface area contributed by atoms with Gasteiger partial charge < -0.3 is 10.1 Å². The molecular weight excluding hydrogens is 236 g/mol. The molecule has 1 N–H and O–H groups in total. The maximum atomic E-state index is 11.8. The van der Waals surface area contributed by atoms with Crippen molar-refractivity contribution in [1.82, 2.24) is 4.98 Å². The second-order valence-electron chi connectivity index (χ2n) is 3.48. The van der Waals surface area contributed by atoms with Gasteiger partial charge in [-0.25, -0.2) is 4.98 Å². The maximum Gasteiger partial charge on any atom is 0.284 e. The topological polar surface area (TPSA) is 51.2 Å². The van der Waals surface area contributed by atoms with Gasteiger partial charge in [0, 0.05) is 16.8 Å². The minimum atomic E-state index is -0.187.